The van der Waals surface area contributed by atoms with Crippen LogP contribution in [0.3, 0.4) is 0 Å². The second kappa shape index (κ2) is 8.73. The van der Waals surface area contributed by atoms with Crippen LogP contribution in [0.15, 0.2) is 0 Å². The number of alkyl halides is 3. The highest BCUT2D eigenvalue weighted by Gasteiger charge is 2.28. The van der Waals surface area contributed by atoms with Gasteiger partial charge in [-0.25, -0.2) is 0 Å². The topological polar surface area (TPSA) is 33.7 Å². The summed E-state index contributed by atoms with van der Waals surface area (Å²) in [4.78, 5) is 2.19. The summed E-state index contributed by atoms with van der Waals surface area (Å²) in [5.74, 6) is 0. The Morgan fingerprint density at radius 3 is 2.79 bits per heavy atom. The molecule has 0 aromatic heterocycles. The highest BCUT2D eigenvalue weighted by molar-refractivity contribution is 4.80. The average molecular weight is 284 g/mol. The van der Waals surface area contributed by atoms with E-state index in [4.69, 9.17) is 4.74 Å². The molecule has 1 heterocycles. The van der Waals surface area contributed by atoms with E-state index >= 15 is 0 Å². The number of halogens is 3. The normalized spacial score (nSPS) is 21.2. The zero-order chi connectivity index (χ0) is 14.1. The van der Waals surface area contributed by atoms with Gasteiger partial charge in [-0.3, -0.25) is 4.90 Å². The van der Waals surface area contributed by atoms with Crippen molar-refractivity contribution in [2.24, 2.45) is 0 Å². The maximum Gasteiger partial charge on any atom is 0.411 e. The molecule has 0 amide bonds. The van der Waals surface area contributed by atoms with Gasteiger partial charge in [0, 0.05) is 32.8 Å². The molecule has 1 aliphatic rings. The number of hydrogen-bond donors (Lipinski definition) is 1. The van der Waals surface area contributed by atoms with E-state index in [1.165, 1.54) is 0 Å². The molecule has 0 aromatic carbocycles. The number of methoxy groups -OCH3 is 1. The van der Waals surface area contributed by atoms with Crippen LogP contribution in [0.25, 0.3) is 0 Å². The number of rotatable bonds is 9. The molecule has 19 heavy (non-hydrogen) atoms. The van der Waals surface area contributed by atoms with Gasteiger partial charge in [-0.2, -0.15) is 13.2 Å². The Morgan fingerprint density at radius 2 is 2.11 bits per heavy atom. The van der Waals surface area contributed by atoms with Gasteiger partial charge in [0.2, 0.25) is 0 Å². The molecule has 0 aromatic rings. The third-order valence-electron chi connectivity index (χ3n) is 3.15. The molecule has 114 valence electrons. The second-order valence-corrected chi connectivity index (χ2v) is 4.70. The van der Waals surface area contributed by atoms with Gasteiger partial charge >= 0.3 is 6.18 Å². The zero-order valence-electron chi connectivity index (χ0n) is 11.3. The summed E-state index contributed by atoms with van der Waals surface area (Å²) < 4.78 is 45.3. The van der Waals surface area contributed by atoms with Gasteiger partial charge < -0.3 is 14.8 Å². The second-order valence-electron chi connectivity index (χ2n) is 4.70. The van der Waals surface area contributed by atoms with Crippen LogP contribution in [0.5, 0.6) is 0 Å². The van der Waals surface area contributed by atoms with Crippen molar-refractivity contribution in [2.45, 2.75) is 25.1 Å². The van der Waals surface area contributed by atoms with Crippen LogP contribution in [0.1, 0.15) is 12.8 Å². The van der Waals surface area contributed by atoms with Crippen molar-refractivity contribution in [1.82, 2.24) is 10.2 Å². The van der Waals surface area contributed by atoms with Crippen molar-refractivity contribution in [3.05, 3.63) is 0 Å². The van der Waals surface area contributed by atoms with Crippen molar-refractivity contribution in [3.8, 4) is 0 Å². The van der Waals surface area contributed by atoms with E-state index in [1.54, 1.807) is 7.11 Å². The summed E-state index contributed by atoms with van der Waals surface area (Å²) in [6.45, 7) is 2.79. The summed E-state index contributed by atoms with van der Waals surface area (Å²) in [7, 11) is 1.65. The van der Waals surface area contributed by atoms with Crippen molar-refractivity contribution in [2.75, 3.05) is 53.1 Å². The minimum atomic E-state index is -4.23. The van der Waals surface area contributed by atoms with Crippen LogP contribution in [0.2, 0.25) is 0 Å². The molecule has 1 saturated heterocycles. The number of ether oxygens (including phenoxy) is 2. The van der Waals surface area contributed by atoms with Gasteiger partial charge in [-0.15, -0.1) is 0 Å². The Kier molecular flexibility index (Phi) is 7.67. The van der Waals surface area contributed by atoms with E-state index in [0.29, 0.717) is 19.2 Å². The van der Waals surface area contributed by atoms with E-state index < -0.39 is 12.8 Å². The molecule has 1 rings (SSSR count). The fraction of sp³-hybridized carbons (Fsp3) is 1.00. The molecule has 0 radical (unpaired) electrons. The first kappa shape index (κ1) is 16.7. The van der Waals surface area contributed by atoms with Gasteiger partial charge in [-0.05, 0) is 19.4 Å². The maximum absolute atomic E-state index is 11.9. The molecule has 0 spiro atoms. The first-order valence-electron chi connectivity index (χ1n) is 6.61. The fourth-order valence-electron chi connectivity index (χ4n) is 2.23. The lowest BCUT2D eigenvalue weighted by Gasteiger charge is -2.24. The van der Waals surface area contributed by atoms with Crippen LogP contribution < -0.4 is 5.32 Å². The zero-order valence-corrected chi connectivity index (χ0v) is 11.3. The highest BCUT2D eigenvalue weighted by atomic mass is 19.4. The maximum atomic E-state index is 11.9. The van der Waals surface area contributed by atoms with Gasteiger partial charge in [0.25, 0.3) is 0 Å². The monoisotopic (exact) mass is 284 g/mol. The Balaban J connectivity index is 2.10. The minimum Gasteiger partial charge on any atom is -0.383 e. The number of nitrogens with one attached hydrogen (secondary N) is 1. The lowest BCUT2D eigenvalue weighted by Crippen LogP contribution is -2.40. The molecule has 1 aliphatic heterocycles. The molecule has 1 unspecified atom stereocenters. The van der Waals surface area contributed by atoms with E-state index in [1.807, 2.05) is 0 Å². The molecule has 0 aliphatic carbocycles. The Morgan fingerprint density at radius 1 is 1.32 bits per heavy atom. The summed E-state index contributed by atoms with van der Waals surface area (Å²) in [6.07, 6.45) is -2.05. The quantitative estimate of drug-likeness (QED) is 0.647. The first-order valence-corrected chi connectivity index (χ1v) is 6.61. The molecule has 1 N–H and O–H groups in total. The van der Waals surface area contributed by atoms with Crippen LogP contribution >= 0.6 is 0 Å². The lowest BCUT2D eigenvalue weighted by atomic mass is 10.2. The minimum absolute atomic E-state index is 0.133. The van der Waals surface area contributed by atoms with Crippen LogP contribution in [0, 0.1) is 0 Å². The van der Waals surface area contributed by atoms with E-state index in [2.05, 4.69) is 15.0 Å². The van der Waals surface area contributed by atoms with Gasteiger partial charge in [0.15, 0.2) is 0 Å². The van der Waals surface area contributed by atoms with Crippen LogP contribution in [-0.4, -0.2) is 70.2 Å². The lowest BCUT2D eigenvalue weighted by molar-refractivity contribution is -0.174. The van der Waals surface area contributed by atoms with Crippen molar-refractivity contribution in [3.63, 3.8) is 0 Å². The van der Waals surface area contributed by atoms with Gasteiger partial charge in [0.1, 0.15) is 6.61 Å². The summed E-state index contributed by atoms with van der Waals surface area (Å²) in [5, 5.41) is 3.29. The van der Waals surface area contributed by atoms with Gasteiger partial charge in [-0.1, -0.05) is 0 Å². The van der Waals surface area contributed by atoms with Crippen LogP contribution in [0.4, 0.5) is 13.2 Å². The molecule has 1 atom stereocenters. The van der Waals surface area contributed by atoms with Gasteiger partial charge in [0.05, 0.1) is 13.2 Å². The molecule has 7 heteroatoms. The standard InChI is InChI=1S/C12H23F3N2O2/c1-18-7-4-16-9-11-3-2-5-17(11)6-8-19-10-12(13,14)15/h11,16H,2-10H2,1H3. The average Bonchev–Trinajstić information content (AvgIpc) is 2.77. The van der Waals surface area contributed by atoms with E-state index in [-0.39, 0.29) is 6.61 Å². The molecular weight excluding hydrogens is 261 g/mol. The van der Waals surface area contributed by atoms with E-state index in [0.717, 1.165) is 32.5 Å². The predicted molar refractivity (Wildman–Crippen MR) is 66.2 cm³/mol. The fourth-order valence-corrected chi connectivity index (χ4v) is 2.23. The number of likely N-dealkylation sites (tertiary alicyclic amines) is 1. The third kappa shape index (κ3) is 7.71. The molecular formula is C12H23F3N2O2. The smallest absolute Gasteiger partial charge is 0.383 e. The third-order valence-corrected chi connectivity index (χ3v) is 3.15. The Hall–Kier alpha value is -0.370. The predicted octanol–water partition coefficient (Wildman–Crippen LogP) is 1.27. The number of hydrogen-bond acceptors (Lipinski definition) is 4. The summed E-state index contributed by atoms with van der Waals surface area (Å²) >= 11 is 0. The SMILES string of the molecule is COCCNCC1CCCN1CCOCC(F)(F)F. The first-order chi connectivity index (χ1) is 9.03. The Bertz CT molecular complexity index is 240. The number of nitrogens with zero attached hydrogens (tertiary/aromatic N) is 1. The largest absolute Gasteiger partial charge is 0.411 e. The molecule has 1 fully saturated rings. The van der Waals surface area contributed by atoms with Crippen molar-refractivity contribution < 1.29 is 22.6 Å². The summed E-state index contributed by atoms with van der Waals surface area (Å²) in [6, 6.07) is 0.395. The van der Waals surface area contributed by atoms with Crippen molar-refractivity contribution >= 4 is 0 Å². The Labute approximate surface area is 112 Å². The summed E-state index contributed by atoms with van der Waals surface area (Å²) in [5.41, 5.74) is 0. The molecule has 0 saturated carbocycles. The van der Waals surface area contributed by atoms with Crippen molar-refractivity contribution in [1.29, 1.82) is 0 Å². The van der Waals surface area contributed by atoms with Crippen LogP contribution in [-0.2, 0) is 9.47 Å². The molecule has 0 bridgehead atoms. The van der Waals surface area contributed by atoms with E-state index in [9.17, 15) is 13.2 Å². The highest BCUT2D eigenvalue weighted by Crippen LogP contribution is 2.17. The molecule has 4 nitrogen and oxygen atoms in total.